The molecule has 2 N–H and O–H groups in total. The number of benzene rings is 1. The minimum absolute atomic E-state index is 0.119. The summed E-state index contributed by atoms with van der Waals surface area (Å²) in [6.45, 7) is 7.31. The fourth-order valence-electron chi connectivity index (χ4n) is 1.49. The first-order valence-electron chi connectivity index (χ1n) is 6.23. The number of hydrogen-bond donors (Lipinski definition) is 1. The fourth-order valence-corrected chi connectivity index (χ4v) is 1.49. The highest BCUT2D eigenvalue weighted by atomic mass is 16.5. The van der Waals surface area contributed by atoms with E-state index in [0.29, 0.717) is 13.2 Å². The van der Waals surface area contributed by atoms with Crippen LogP contribution < -0.4 is 10.5 Å². The predicted molar refractivity (Wildman–Crippen MR) is 70.2 cm³/mol. The van der Waals surface area contributed by atoms with Crippen molar-refractivity contribution in [3.63, 3.8) is 0 Å². The Morgan fingerprint density at radius 2 is 1.76 bits per heavy atom. The molecule has 0 aliphatic rings. The third-order valence-electron chi connectivity index (χ3n) is 2.55. The van der Waals surface area contributed by atoms with Crippen LogP contribution in [0.4, 0.5) is 0 Å². The van der Waals surface area contributed by atoms with Gasteiger partial charge in [0.15, 0.2) is 0 Å². The van der Waals surface area contributed by atoms with E-state index in [-0.39, 0.29) is 12.1 Å². The van der Waals surface area contributed by atoms with Crippen LogP contribution in [0, 0.1) is 0 Å². The van der Waals surface area contributed by atoms with Crippen LogP contribution in [-0.4, -0.2) is 19.3 Å². The molecule has 96 valence electrons. The van der Waals surface area contributed by atoms with E-state index in [0.717, 1.165) is 17.7 Å². The lowest BCUT2D eigenvalue weighted by atomic mass is 10.1. The van der Waals surface area contributed by atoms with Gasteiger partial charge in [-0.15, -0.1) is 0 Å². The largest absolute Gasteiger partial charge is 0.491 e. The quantitative estimate of drug-likeness (QED) is 0.742. The molecule has 17 heavy (non-hydrogen) atoms. The molecule has 3 heteroatoms. The lowest BCUT2D eigenvalue weighted by Crippen LogP contribution is -2.11. The predicted octanol–water partition coefficient (Wildman–Crippen LogP) is 2.90. The average molecular weight is 237 g/mol. The van der Waals surface area contributed by atoms with Gasteiger partial charge in [-0.1, -0.05) is 19.1 Å². The maximum absolute atomic E-state index is 5.94. The van der Waals surface area contributed by atoms with Crippen molar-refractivity contribution in [1.82, 2.24) is 0 Å². The van der Waals surface area contributed by atoms with Crippen LogP contribution in [0.25, 0.3) is 0 Å². The van der Waals surface area contributed by atoms with E-state index in [1.54, 1.807) is 0 Å². The van der Waals surface area contributed by atoms with Crippen molar-refractivity contribution >= 4 is 0 Å². The first-order chi connectivity index (χ1) is 8.13. The van der Waals surface area contributed by atoms with Gasteiger partial charge in [-0.05, 0) is 38.0 Å². The average Bonchev–Trinajstić information content (AvgIpc) is 2.34. The van der Waals surface area contributed by atoms with Crippen LogP contribution in [-0.2, 0) is 4.74 Å². The number of nitrogens with two attached hydrogens (primary N) is 1. The smallest absolute Gasteiger partial charge is 0.119 e. The normalized spacial score (nSPS) is 12.8. The Kier molecular flexibility index (Phi) is 6.01. The summed E-state index contributed by atoms with van der Waals surface area (Å²) < 4.78 is 11.0. The lowest BCUT2D eigenvalue weighted by molar-refractivity contribution is 0.0552. The van der Waals surface area contributed by atoms with Crippen molar-refractivity contribution in [2.75, 3.05) is 13.2 Å². The summed E-state index contributed by atoms with van der Waals surface area (Å²) in [5, 5.41) is 0. The van der Waals surface area contributed by atoms with E-state index in [2.05, 4.69) is 6.92 Å². The molecule has 0 saturated carbocycles. The standard InChI is InChI=1S/C14H23NO2/c1-4-14(15)12-5-7-13(8-6-12)17-10-9-16-11(2)3/h5-8,11,14H,4,9-10,15H2,1-3H3. The first-order valence-corrected chi connectivity index (χ1v) is 6.23. The summed E-state index contributed by atoms with van der Waals surface area (Å²) in [6.07, 6.45) is 1.20. The molecule has 0 spiro atoms. The second-order valence-electron chi connectivity index (χ2n) is 4.35. The Labute approximate surface area is 104 Å². The van der Waals surface area contributed by atoms with Crippen LogP contribution in [0.1, 0.15) is 38.8 Å². The van der Waals surface area contributed by atoms with Crippen molar-refractivity contribution in [1.29, 1.82) is 0 Å². The van der Waals surface area contributed by atoms with Gasteiger partial charge >= 0.3 is 0 Å². The van der Waals surface area contributed by atoms with Crippen LogP contribution in [0.2, 0.25) is 0 Å². The summed E-state index contributed by atoms with van der Waals surface area (Å²) in [4.78, 5) is 0. The molecule has 0 aliphatic carbocycles. The van der Waals surface area contributed by atoms with Crippen LogP contribution in [0.3, 0.4) is 0 Å². The highest BCUT2D eigenvalue weighted by Crippen LogP contribution is 2.18. The number of ether oxygens (including phenoxy) is 2. The van der Waals surface area contributed by atoms with Crippen molar-refractivity contribution in [2.45, 2.75) is 39.3 Å². The Bertz CT molecular complexity index is 309. The van der Waals surface area contributed by atoms with Gasteiger partial charge in [0.2, 0.25) is 0 Å². The molecule has 0 bridgehead atoms. The van der Waals surface area contributed by atoms with Crippen molar-refractivity contribution in [3.05, 3.63) is 29.8 Å². The fraction of sp³-hybridized carbons (Fsp3) is 0.571. The second kappa shape index (κ2) is 7.30. The molecule has 0 aromatic heterocycles. The van der Waals surface area contributed by atoms with Gasteiger partial charge in [0.25, 0.3) is 0 Å². The molecule has 0 saturated heterocycles. The molecular weight excluding hydrogens is 214 g/mol. The SMILES string of the molecule is CCC(N)c1ccc(OCCOC(C)C)cc1. The van der Waals surface area contributed by atoms with Gasteiger partial charge < -0.3 is 15.2 Å². The van der Waals surface area contributed by atoms with Crippen molar-refractivity contribution < 1.29 is 9.47 Å². The minimum Gasteiger partial charge on any atom is -0.491 e. The van der Waals surface area contributed by atoms with Crippen molar-refractivity contribution in [3.8, 4) is 5.75 Å². The highest BCUT2D eigenvalue weighted by Gasteiger charge is 2.03. The molecule has 0 aliphatic heterocycles. The van der Waals surface area contributed by atoms with Gasteiger partial charge in [0.05, 0.1) is 12.7 Å². The van der Waals surface area contributed by atoms with E-state index in [1.807, 2.05) is 38.1 Å². The molecule has 0 radical (unpaired) electrons. The Morgan fingerprint density at radius 3 is 2.29 bits per heavy atom. The molecule has 1 unspecified atom stereocenters. The number of hydrogen-bond acceptors (Lipinski definition) is 3. The Morgan fingerprint density at radius 1 is 1.12 bits per heavy atom. The van der Waals surface area contributed by atoms with Gasteiger partial charge in [-0.3, -0.25) is 0 Å². The Hall–Kier alpha value is -1.06. The van der Waals surface area contributed by atoms with E-state index < -0.39 is 0 Å². The highest BCUT2D eigenvalue weighted by molar-refractivity contribution is 5.28. The van der Waals surface area contributed by atoms with Crippen LogP contribution >= 0.6 is 0 Å². The molecular formula is C14H23NO2. The van der Waals surface area contributed by atoms with E-state index in [4.69, 9.17) is 15.2 Å². The molecule has 1 atom stereocenters. The second-order valence-corrected chi connectivity index (χ2v) is 4.35. The number of rotatable bonds is 7. The zero-order chi connectivity index (χ0) is 12.7. The van der Waals surface area contributed by atoms with Crippen molar-refractivity contribution in [2.24, 2.45) is 5.73 Å². The maximum Gasteiger partial charge on any atom is 0.119 e. The molecule has 1 aromatic carbocycles. The molecule has 0 heterocycles. The van der Waals surface area contributed by atoms with Gasteiger partial charge in [-0.25, -0.2) is 0 Å². The van der Waals surface area contributed by atoms with Gasteiger partial charge in [0.1, 0.15) is 12.4 Å². The summed E-state index contributed by atoms with van der Waals surface area (Å²) in [6, 6.07) is 8.08. The molecule has 0 amide bonds. The maximum atomic E-state index is 5.94. The summed E-state index contributed by atoms with van der Waals surface area (Å²) in [5.74, 6) is 0.865. The van der Waals surface area contributed by atoms with Crippen LogP contribution in [0.5, 0.6) is 5.75 Å². The Balaban J connectivity index is 2.35. The molecule has 3 nitrogen and oxygen atoms in total. The zero-order valence-corrected chi connectivity index (χ0v) is 11.0. The topological polar surface area (TPSA) is 44.5 Å². The first kappa shape index (κ1) is 14.0. The zero-order valence-electron chi connectivity index (χ0n) is 11.0. The van der Waals surface area contributed by atoms with E-state index >= 15 is 0 Å². The van der Waals surface area contributed by atoms with Crippen LogP contribution in [0.15, 0.2) is 24.3 Å². The molecule has 0 fully saturated rings. The third kappa shape index (κ3) is 5.20. The summed E-state index contributed by atoms with van der Waals surface area (Å²) >= 11 is 0. The van der Waals surface area contributed by atoms with Gasteiger partial charge in [0, 0.05) is 6.04 Å². The lowest BCUT2D eigenvalue weighted by Gasteiger charge is -2.11. The summed E-state index contributed by atoms with van der Waals surface area (Å²) in [7, 11) is 0. The van der Waals surface area contributed by atoms with E-state index in [9.17, 15) is 0 Å². The summed E-state index contributed by atoms with van der Waals surface area (Å²) in [5.41, 5.74) is 7.09. The van der Waals surface area contributed by atoms with Gasteiger partial charge in [-0.2, -0.15) is 0 Å². The molecule has 1 rings (SSSR count). The molecule has 1 aromatic rings. The minimum atomic E-state index is 0.119. The van der Waals surface area contributed by atoms with E-state index in [1.165, 1.54) is 0 Å². The third-order valence-corrected chi connectivity index (χ3v) is 2.55. The monoisotopic (exact) mass is 237 g/mol.